The van der Waals surface area contributed by atoms with Crippen LogP contribution < -0.4 is 5.32 Å². The van der Waals surface area contributed by atoms with Crippen molar-refractivity contribution in [2.24, 2.45) is 10.9 Å². The number of nitrogens with one attached hydrogen (secondary N) is 1. The van der Waals surface area contributed by atoms with E-state index in [0.29, 0.717) is 23.4 Å². The Morgan fingerprint density at radius 2 is 1.87 bits per heavy atom. The average Bonchev–Trinajstić information content (AvgIpc) is 3.34. The van der Waals surface area contributed by atoms with Gasteiger partial charge in [0, 0.05) is 24.6 Å². The maximum Gasteiger partial charge on any atom is 0.337 e. The molecule has 3 atom stereocenters. The smallest absolute Gasteiger partial charge is 0.337 e. The monoisotopic (exact) mass is 530 g/mol. The van der Waals surface area contributed by atoms with E-state index in [1.54, 1.807) is 0 Å². The van der Waals surface area contributed by atoms with Crippen LogP contribution in [0, 0.1) is 26.7 Å². The number of hydrogen-bond acceptors (Lipinski definition) is 7. The quantitative estimate of drug-likeness (QED) is 0.502. The van der Waals surface area contributed by atoms with Gasteiger partial charge in [-0.15, -0.1) is 0 Å². The van der Waals surface area contributed by atoms with Crippen molar-refractivity contribution >= 4 is 23.3 Å². The molecule has 39 heavy (non-hydrogen) atoms. The highest BCUT2D eigenvalue weighted by Gasteiger charge is 2.48. The molecule has 0 bridgehead atoms. The van der Waals surface area contributed by atoms with Crippen LogP contribution in [0.15, 0.2) is 46.6 Å². The van der Waals surface area contributed by atoms with Gasteiger partial charge in [-0.1, -0.05) is 29.8 Å². The number of hydrogen-bond donors (Lipinski definition) is 1. The Kier molecular flexibility index (Phi) is 7.14. The lowest BCUT2D eigenvalue weighted by Crippen LogP contribution is -2.42. The topological polar surface area (TPSA) is 86.2 Å². The molecule has 3 unspecified atom stereocenters. The molecule has 7 heteroatoms. The van der Waals surface area contributed by atoms with E-state index in [-0.39, 0.29) is 6.61 Å². The fraction of sp³-hybridized carbons (Fsp3) is 0.469. The molecule has 1 N–H and O–H groups in total. The number of fused-ring (bicyclic) bond motifs is 1. The Hall–Kier alpha value is -3.45. The van der Waals surface area contributed by atoms with Gasteiger partial charge in [0.2, 0.25) is 0 Å². The summed E-state index contributed by atoms with van der Waals surface area (Å²) in [6.45, 7) is 13.0. The molecular formula is C32H38N2O5. The highest BCUT2D eigenvalue weighted by molar-refractivity contribution is 6.09. The lowest BCUT2D eigenvalue weighted by molar-refractivity contribution is -0.148. The highest BCUT2D eigenvalue weighted by atomic mass is 16.5. The Labute approximate surface area is 230 Å². The number of rotatable bonds is 5. The Morgan fingerprint density at radius 1 is 1.15 bits per heavy atom. The van der Waals surface area contributed by atoms with Gasteiger partial charge in [-0.3, -0.25) is 9.79 Å². The highest BCUT2D eigenvalue weighted by Crippen LogP contribution is 2.48. The van der Waals surface area contributed by atoms with Gasteiger partial charge in [-0.05, 0) is 81.8 Å². The summed E-state index contributed by atoms with van der Waals surface area (Å²) in [4.78, 5) is 32.3. The number of carbonyl (C=O) groups is 2. The number of carbonyl (C=O) groups excluding carboxylic acids is 2. The molecule has 5 rings (SSSR count). The zero-order chi connectivity index (χ0) is 28.1. The molecule has 0 aliphatic carbocycles. The van der Waals surface area contributed by atoms with Gasteiger partial charge in [-0.2, -0.15) is 0 Å². The second-order valence-corrected chi connectivity index (χ2v) is 11.8. The van der Waals surface area contributed by atoms with Gasteiger partial charge in [0.25, 0.3) is 0 Å². The molecule has 206 valence electrons. The number of anilines is 1. The second-order valence-electron chi connectivity index (χ2n) is 11.8. The third-order valence-electron chi connectivity index (χ3n) is 7.85. The number of benzene rings is 2. The van der Waals surface area contributed by atoms with E-state index in [1.807, 2.05) is 39.0 Å². The zero-order valence-corrected chi connectivity index (χ0v) is 23.9. The summed E-state index contributed by atoms with van der Waals surface area (Å²) in [5.74, 6) is -2.24. The Morgan fingerprint density at radius 3 is 2.54 bits per heavy atom. The normalized spacial score (nSPS) is 22.5. The summed E-state index contributed by atoms with van der Waals surface area (Å²) in [6.07, 6.45) is 0.787. The maximum atomic E-state index is 13.9. The first-order valence-corrected chi connectivity index (χ1v) is 13.6. The minimum absolute atomic E-state index is 0.159. The predicted molar refractivity (Wildman–Crippen MR) is 151 cm³/mol. The van der Waals surface area contributed by atoms with Gasteiger partial charge in [-0.25, -0.2) is 4.79 Å². The van der Waals surface area contributed by atoms with E-state index in [4.69, 9.17) is 19.2 Å². The Balaban J connectivity index is 1.68. The minimum atomic E-state index is -0.796. The van der Waals surface area contributed by atoms with E-state index in [9.17, 15) is 9.59 Å². The van der Waals surface area contributed by atoms with Crippen LogP contribution in [0.1, 0.15) is 72.6 Å². The fourth-order valence-electron chi connectivity index (χ4n) is 6.32. The number of esters is 2. The van der Waals surface area contributed by atoms with E-state index in [1.165, 1.54) is 12.7 Å². The van der Waals surface area contributed by atoms with Crippen molar-refractivity contribution in [3.05, 3.63) is 75.0 Å². The van der Waals surface area contributed by atoms with E-state index < -0.39 is 35.5 Å². The maximum absolute atomic E-state index is 13.9. The molecule has 0 radical (unpaired) electrons. The number of aryl methyl sites for hydroxylation is 3. The molecule has 3 heterocycles. The van der Waals surface area contributed by atoms with Crippen molar-refractivity contribution in [3.8, 4) is 0 Å². The number of aliphatic imine (C=N–C) groups is 1. The molecule has 0 saturated carbocycles. The van der Waals surface area contributed by atoms with Crippen LogP contribution in [-0.2, 0) is 30.2 Å². The summed E-state index contributed by atoms with van der Waals surface area (Å²) in [7, 11) is 1.38. The average molecular weight is 531 g/mol. The van der Waals surface area contributed by atoms with Crippen LogP contribution in [0.3, 0.4) is 0 Å². The summed E-state index contributed by atoms with van der Waals surface area (Å²) in [6, 6.07) is 10.2. The lowest BCUT2D eigenvalue weighted by atomic mass is 9.72. The molecule has 0 spiro atoms. The molecule has 3 aliphatic rings. The molecule has 0 amide bonds. The number of nitrogens with zero attached hydrogens (tertiary/aromatic N) is 1. The molecular weight excluding hydrogens is 492 g/mol. The number of methoxy groups -OCH3 is 1. The summed E-state index contributed by atoms with van der Waals surface area (Å²) in [5, 5.41) is 3.42. The third-order valence-corrected chi connectivity index (χ3v) is 7.85. The second kappa shape index (κ2) is 10.3. The largest absolute Gasteiger partial charge is 0.468 e. The molecule has 2 aromatic carbocycles. The van der Waals surface area contributed by atoms with Gasteiger partial charge in [0.15, 0.2) is 0 Å². The van der Waals surface area contributed by atoms with Crippen molar-refractivity contribution < 1.29 is 23.8 Å². The van der Waals surface area contributed by atoms with Crippen molar-refractivity contribution in [1.82, 2.24) is 0 Å². The zero-order valence-electron chi connectivity index (χ0n) is 23.9. The first-order valence-electron chi connectivity index (χ1n) is 13.6. The Bertz CT molecular complexity index is 1370. The SMILES string of the molecule is COC(=O)C1C(COC(C)(C)C)=NC2=C(C(=O)OC(c3c(C)cc(C)cc3C)C2)C1c1cccc2c1CCN2. The van der Waals surface area contributed by atoms with Gasteiger partial charge in [0.05, 0.1) is 36.3 Å². The van der Waals surface area contributed by atoms with Gasteiger partial charge >= 0.3 is 11.9 Å². The first-order chi connectivity index (χ1) is 18.5. The van der Waals surface area contributed by atoms with Crippen LogP contribution in [0.2, 0.25) is 0 Å². The summed E-state index contributed by atoms with van der Waals surface area (Å²) >= 11 is 0. The summed E-state index contributed by atoms with van der Waals surface area (Å²) < 4.78 is 17.6. The molecule has 2 aromatic rings. The summed E-state index contributed by atoms with van der Waals surface area (Å²) in [5.41, 5.74) is 8.68. The molecule has 0 aromatic heterocycles. The predicted octanol–water partition coefficient (Wildman–Crippen LogP) is 5.66. The van der Waals surface area contributed by atoms with E-state index in [0.717, 1.165) is 46.5 Å². The van der Waals surface area contributed by atoms with Crippen molar-refractivity contribution in [2.75, 3.05) is 25.6 Å². The van der Waals surface area contributed by atoms with Crippen molar-refractivity contribution in [2.45, 2.75) is 72.0 Å². The standard InChI is InChI=1S/C32H38N2O5/c1-17-13-18(2)26(19(3)14-17)25-15-23-28(31(36)39-25)27(21-9-8-10-22-20(21)11-12-33-22)29(30(35)37-7)24(34-23)16-38-32(4,5)6/h8-10,13-14,25,27,29,33H,11-12,15-16H2,1-7H3. The number of ether oxygens (including phenoxy) is 3. The molecule has 0 fully saturated rings. The van der Waals surface area contributed by atoms with E-state index >= 15 is 0 Å². The van der Waals surface area contributed by atoms with Crippen LogP contribution in [0.5, 0.6) is 0 Å². The minimum Gasteiger partial charge on any atom is -0.468 e. The van der Waals surface area contributed by atoms with Crippen molar-refractivity contribution in [3.63, 3.8) is 0 Å². The fourth-order valence-corrected chi connectivity index (χ4v) is 6.32. The molecule has 0 saturated heterocycles. The van der Waals surface area contributed by atoms with Gasteiger partial charge in [0.1, 0.15) is 12.0 Å². The molecule has 3 aliphatic heterocycles. The van der Waals surface area contributed by atoms with Gasteiger partial charge < -0.3 is 19.5 Å². The van der Waals surface area contributed by atoms with E-state index in [2.05, 4.69) is 38.2 Å². The number of cyclic esters (lactones) is 1. The van der Waals surface area contributed by atoms with Crippen molar-refractivity contribution in [1.29, 1.82) is 0 Å². The first kappa shape index (κ1) is 27.1. The molecule has 7 nitrogen and oxygen atoms in total. The van der Waals surface area contributed by atoms with Crippen LogP contribution in [-0.4, -0.2) is 43.5 Å². The lowest BCUT2D eigenvalue weighted by Gasteiger charge is -2.38. The van der Waals surface area contributed by atoms with Crippen LogP contribution in [0.25, 0.3) is 0 Å². The van der Waals surface area contributed by atoms with Crippen LogP contribution in [0.4, 0.5) is 5.69 Å². The third kappa shape index (κ3) is 5.12. The van der Waals surface area contributed by atoms with Crippen LogP contribution >= 0.6 is 0 Å².